The van der Waals surface area contributed by atoms with Gasteiger partial charge in [0, 0.05) is 4.99 Å². The van der Waals surface area contributed by atoms with Crippen molar-refractivity contribution in [1.29, 1.82) is 0 Å². The molecule has 1 aliphatic rings. The summed E-state index contributed by atoms with van der Waals surface area (Å²) in [5.41, 5.74) is 2.88. The molecule has 0 bridgehead atoms. The van der Waals surface area contributed by atoms with E-state index < -0.39 is 37.2 Å². The first-order valence-corrected chi connectivity index (χ1v) is 8.29. The summed E-state index contributed by atoms with van der Waals surface area (Å²) in [6.07, 6.45) is -5.06. The highest BCUT2D eigenvalue weighted by Crippen LogP contribution is 2.16. The number of carbonyl (C=O) groups is 1. The third-order valence-electron chi connectivity index (χ3n) is 4.51. The number of aromatic nitrogens is 2. The lowest BCUT2D eigenvalue weighted by atomic mass is 10.1. The molecule has 0 aliphatic carbocycles. The van der Waals surface area contributed by atoms with E-state index in [9.17, 15) is 25.2 Å². The van der Waals surface area contributed by atoms with Gasteiger partial charge in [0.2, 0.25) is 0 Å². The van der Waals surface area contributed by atoms with Gasteiger partial charge in [0.25, 0.3) is 0 Å². The molecular weight excluding hydrogens is 356 g/mol. The van der Waals surface area contributed by atoms with Crippen molar-refractivity contribution >= 4 is 17.1 Å². The number of hydrogen-bond acceptors (Lipinski definition) is 7. The zero-order valence-electron chi connectivity index (χ0n) is 14.7. The van der Waals surface area contributed by atoms with Crippen molar-refractivity contribution in [3.8, 4) is 0 Å². The number of benzene rings is 1. The fourth-order valence-electron chi connectivity index (χ4n) is 2.82. The van der Waals surface area contributed by atoms with Crippen LogP contribution in [0.15, 0.2) is 17.1 Å². The van der Waals surface area contributed by atoms with Crippen LogP contribution in [0.1, 0.15) is 23.0 Å². The number of rotatable bonds is 4. The second kappa shape index (κ2) is 7.25. The largest absolute Gasteiger partial charge is 0.453 e. The summed E-state index contributed by atoms with van der Waals surface area (Å²) in [5.74, 6) is 0. The first-order chi connectivity index (χ1) is 12.7. The van der Waals surface area contributed by atoms with Crippen LogP contribution in [0.3, 0.4) is 0 Å². The van der Waals surface area contributed by atoms with Crippen molar-refractivity contribution in [3.63, 3.8) is 0 Å². The van der Waals surface area contributed by atoms with Gasteiger partial charge in [-0.3, -0.25) is 5.32 Å². The quantitative estimate of drug-likeness (QED) is 0.323. The summed E-state index contributed by atoms with van der Waals surface area (Å²) in [5, 5.41) is 51.1. The third-order valence-corrected chi connectivity index (χ3v) is 4.51. The Morgan fingerprint density at radius 2 is 1.93 bits per heavy atom. The molecule has 2 aromatic rings. The average Bonchev–Trinajstić information content (AvgIpc) is 2.62. The van der Waals surface area contributed by atoms with Gasteiger partial charge in [-0.25, -0.2) is 9.78 Å². The number of nitrogens with one attached hydrogen (secondary N) is 1. The molecule has 6 N–H and O–H groups in total. The maximum atomic E-state index is 11.7. The number of urea groups is 1. The molecule has 0 radical (unpaired) electrons. The zero-order valence-corrected chi connectivity index (χ0v) is 14.7. The van der Waals surface area contributed by atoms with Crippen LogP contribution in [-0.4, -0.2) is 61.5 Å². The Morgan fingerprint density at radius 1 is 1.26 bits per heavy atom. The molecule has 0 saturated heterocycles. The SMILES string of the molecule is Cc1cc2nc3c([n+](=C[C@H](O)[C@H](O)[C@H](O)CO)c2cc1C)=NC(=O)NC3O. The molecule has 10 nitrogen and oxygen atoms in total. The predicted molar refractivity (Wildman–Crippen MR) is 90.9 cm³/mol. The number of amides is 2. The van der Waals surface area contributed by atoms with Gasteiger partial charge in [0.05, 0.1) is 6.61 Å². The predicted octanol–water partition coefficient (Wildman–Crippen LogP) is -2.44. The topological polar surface area (TPSA) is 161 Å². The first-order valence-electron chi connectivity index (χ1n) is 8.29. The molecular formula is C17H21N4O6+. The fraction of sp³-hybridized carbons (Fsp3) is 0.412. The number of aliphatic hydroxyl groups excluding tert-OH is 5. The molecule has 1 aliphatic heterocycles. The van der Waals surface area contributed by atoms with Gasteiger partial charge in [0.15, 0.2) is 17.4 Å². The van der Waals surface area contributed by atoms with E-state index in [0.29, 0.717) is 11.0 Å². The summed E-state index contributed by atoms with van der Waals surface area (Å²) in [7, 11) is 0. The summed E-state index contributed by atoms with van der Waals surface area (Å²) in [4.78, 5) is 19.9. The van der Waals surface area contributed by atoms with Gasteiger partial charge < -0.3 is 25.5 Å². The van der Waals surface area contributed by atoms with E-state index in [1.807, 2.05) is 13.8 Å². The number of nitrogens with zero attached hydrogens (tertiary/aromatic N) is 3. The Kier molecular flexibility index (Phi) is 5.18. The molecule has 1 aromatic carbocycles. The molecule has 1 aromatic heterocycles. The summed E-state index contributed by atoms with van der Waals surface area (Å²) >= 11 is 0. The maximum absolute atomic E-state index is 11.7. The fourth-order valence-corrected chi connectivity index (χ4v) is 2.82. The van der Waals surface area contributed by atoms with Crippen molar-refractivity contribution in [2.24, 2.45) is 4.99 Å². The van der Waals surface area contributed by atoms with Crippen molar-refractivity contribution < 1.29 is 34.6 Å². The molecule has 27 heavy (non-hydrogen) atoms. The maximum Gasteiger partial charge on any atom is 0.453 e. The van der Waals surface area contributed by atoms with Crippen LogP contribution in [0.2, 0.25) is 0 Å². The van der Waals surface area contributed by atoms with E-state index in [-0.39, 0.29) is 11.2 Å². The van der Waals surface area contributed by atoms with E-state index >= 15 is 0 Å². The molecule has 10 heteroatoms. The summed E-state index contributed by atoms with van der Waals surface area (Å²) < 4.78 is 1.34. The van der Waals surface area contributed by atoms with Gasteiger partial charge in [-0.15, -0.1) is 0 Å². The van der Waals surface area contributed by atoms with E-state index in [0.717, 1.165) is 17.3 Å². The highest BCUT2D eigenvalue weighted by molar-refractivity contribution is 5.77. The van der Waals surface area contributed by atoms with Crippen LogP contribution in [0.5, 0.6) is 0 Å². The average molecular weight is 377 g/mol. The van der Waals surface area contributed by atoms with Crippen LogP contribution in [-0.2, 0) is 0 Å². The molecule has 0 saturated carbocycles. The van der Waals surface area contributed by atoms with Gasteiger partial charge in [0.1, 0.15) is 30.0 Å². The van der Waals surface area contributed by atoms with Gasteiger partial charge >= 0.3 is 11.5 Å². The zero-order chi connectivity index (χ0) is 19.9. The Bertz CT molecular complexity index is 1020. The normalized spacial score (nSPS) is 20.6. The Morgan fingerprint density at radius 3 is 2.59 bits per heavy atom. The number of fused-ring (bicyclic) bond motifs is 2. The molecule has 2 heterocycles. The third kappa shape index (κ3) is 3.53. The molecule has 144 valence electrons. The van der Waals surface area contributed by atoms with E-state index in [4.69, 9.17) is 5.11 Å². The number of carbonyl (C=O) groups excluding carboxylic acids is 1. The molecule has 2 amide bonds. The monoisotopic (exact) mass is 377 g/mol. The Hall–Kier alpha value is -2.50. The lowest BCUT2D eigenvalue weighted by Gasteiger charge is -2.18. The van der Waals surface area contributed by atoms with E-state index in [1.54, 1.807) is 12.1 Å². The van der Waals surface area contributed by atoms with Crippen LogP contribution in [0.25, 0.3) is 11.0 Å². The lowest BCUT2D eigenvalue weighted by molar-refractivity contribution is -0.507. The van der Waals surface area contributed by atoms with Crippen molar-refractivity contribution in [3.05, 3.63) is 40.7 Å². The van der Waals surface area contributed by atoms with Crippen molar-refractivity contribution in [2.75, 3.05) is 6.61 Å². The summed E-state index contributed by atoms with van der Waals surface area (Å²) in [6, 6.07) is 2.77. The second-order valence-corrected chi connectivity index (χ2v) is 6.46. The van der Waals surface area contributed by atoms with E-state index in [2.05, 4.69) is 15.3 Å². The minimum atomic E-state index is -1.67. The highest BCUT2D eigenvalue weighted by atomic mass is 16.4. The van der Waals surface area contributed by atoms with Gasteiger partial charge in [-0.05, 0) is 37.1 Å². The number of aliphatic hydroxyl groups is 5. The van der Waals surface area contributed by atoms with Gasteiger partial charge in [-0.2, -0.15) is 4.24 Å². The molecule has 0 spiro atoms. The molecule has 3 rings (SSSR count). The molecule has 4 atom stereocenters. The minimum Gasteiger partial charge on any atom is -0.394 e. The Labute approximate surface area is 153 Å². The minimum absolute atomic E-state index is 0.00765. The summed E-state index contributed by atoms with van der Waals surface area (Å²) in [6.45, 7) is 3.02. The Balaban J connectivity index is 2.37. The van der Waals surface area contributed by atoms with Crippen LogP contribution < -0.4 is 15.0 Å². The van der Waals surface area contributed by atoms with Gasteiger partial charge in [-0.1, -0.05) is 0 Å². The highest BCUT2D eigenvalue weighted by Gasteiger charge is 2.30. The number of aryl methyl sites for hydroxylation is 2. The van der Waals surface area contributed by atoms with Crippen LogP contribution in [0.4, 0.5) is 4.79 Å². The smallest absolute Gasteiger partial charge is 0.394 e. The number of hydrogen-bond donors (Lipinski definition) is 6. The standard InChI is InChI=1S/C17H20N4O6/c1-7-3-9-10(4-8(7)2)21(5-11(23)14(25)12(24)6-22)15-13(18-9)16(26)20-17(27)19-15/h3-5,11-12,14,16,22-26H,6H2,1-2H3/p+1/t11-,12+,14-,16?/m0/s1. The first kappa shape index (κ1) is 19.3. The second-order valence-electron chi connectivity index (χ2n) is 6.46. The van der Waals surface area contributed by atoms with E-state index in [1.165, 1.54) is 4.24 Å². The molecule has 0 fully saturated rings. The molecule has 1 unspecified atom stereocenters. The lowest BCUT2D eigenvalue weighted by Crippen LogP contribution is -2.51. The van der Waals surface area contributed by atoms with Crippen molar-refractivity contribution in [1.82, 2.24) is 10.3 Å². The van der Waals surface area contributed by atoms with Crippen LogP contribution in [0, 0.1) is 20.1 Å². The van der Waals surface area contributed by atoms with Crippen molar-refractivity contribution in [2.45, 2.75) is 38.4 Å². The van der Waals surface area contributed by atoms with Crippen LogP contribution >= 0.6 is 0 Å².